The molecule has 5 heteroatoms. The van der Waals surface area contributed by atoms with Crippen molar-refractivity contribution < 1.29 is 9.53 Å². The van der Waals surface area contributed by atoms with Crippen LogP contribution < -0.4 is 10.9 Å². The minimum atomic E-state index is -0.557. The van der Waals surface area contributed by atoms with Gasteiger partial charge in [0.05, 0.1) is 0 Å². The Kier molecular flexibility index (Phi) is 4.12. The standard InChI is InChI=1S/C16H18N2O3/c1-16(2,3)21-15(20)18-12-7-4-6-11(10-12)13-8-5-9-17-14(13)19/h4-10H,1-3H3,(H,17,19)(H,18,20). The minimum Gasteiger partial charge on any atom is -0.444 e. The quantitative estimate of drug-likeness (QED) is 0.889. The maximum atomic E-state index is 11.8. The van der Waals surface area contributed by atoms with E-state index < -0.39 is 11.7 Å². The van der Waals surface area contributed by atoms with Crippen LogP contribution in [0.15, 0.2) is 47.4 Å². The minimum absolute atomic E-state index is 0.174. The molecule has 1 amide bonds. The van der Waals surface area contributed by atoms with E-state index in [-0.39, 0.29) is 5.56 Å². The summed E-state index contributed by atoms with van der Waals surface area (Å²) >= 11 is 0. The number of carbonyl (C=O) groups is 1. The fourth-order valence-electron chi connectivity index (χ4n) is 1.83. The van der Waals surface area contributed by atoms with E-state index in [1.54, 1.807) is 57.3 Å². The Morgan fingerprint density at radius 3 is 2.62 bits per heavy atom. The van der Waals surface area contributed by atoms with Gasteiger partial charge in [-0.2, -0.15) is 0 Å². The zero-order chi connectivity index (χ0) is 15.5. The fraction of sp³-hybridized carbons (Fsp3) is 0.250. The highest BCUT2D eigenvalue weighted by molar-refractivity contribution is 5.86. The highest BCUT2D eigenvalue weighted by Gasteiger charge is 2.16. The molecule has 21 heavy (non-hydrogen) atoms. The zero-order valence-corrected chi connectivity index (χ0v) is 12.3. The lowest BCUT2D eigenvalue weighted by molar-refractivity contribution is 0.0636. The van der Waals surface area contributed by atoms with E-state index in [9.17, 15) is 9.59 Å². The summed E-state index contributed by atoms with van der Waals surface area (Å²) in [4.78, 5) is 26.1. The SMILES string of the molecule is CC(C)(C)OC(=O)Nc1cccc(-c2ccc[nH]c2=O)c1. The van der Waals surface area contributed by atoms with E-state index >= 15 is 0 Å². The van der Waals surface area contributed by atoms with Gasteiger partial charge in [0.15, 0.2) is 0 Å². The van der Waals surface area contributed by atoms with Crippen molar-refractivity contribution in [1.29, 1.82) is 0 Å². The van der Waals surface area contributed by atoms with E-state index in [1.165, 1.54) is 0 Å². The summed E-state index contributed by atoms with van der Waals surface area (Å²) in [7, 11) is 0. The van der Waals surface area contributed by atoms with Gasteiger partial charge in [0, 0.05) is 17.4 Å². The summed E-state index contributed by atoms with van der Waals surface area (Å²) in [5.74, 6) is 0. The molecule has 0 saturated carbocycles. The topological polar surface area (TPSA) is 71.2 Å². The molecule has 1 aromatic carbocycles. The van der Waals surface area contributed by atoms with E-state index in [4.69, 9.17) is 4.74 Å². The summed E-state index contributed by atoms with van der Waals surface area (Å²) in [6.07, 6.45) is 1.05. The lowest BCUT2D eigenvalue weighted by Crippen LogP contribution is -2.27. The number of rotatable bonds is 2. The number of aromatic amines is 1. The third-order valence-corrected chi connectivity index (χ3v) is 2.64. The third kappa shape index (κ3) is 4.21. The first-order valence-electron chi connectivity index (χ1n) is 6.63. The Morgan fingerprint density at radius 1 is 1.19 bits per heavy atom. The first-order chi connectivity index (χ1) is 9.85. The second-order valence-electron chi connectivity index (χ2n) is 5.62. The van der Waals surface area contributed by atoms with Gasteiger partial charge in [-0.1, -0.05) is 12.1 Å². The van der Waals surface area contributed by atoms with Crippen LogP contribution in [0.2, 0.25) is 0 Å². The van der Waals surface area contributed by atoms with Crippen LogP contribution in [-0.4, -0.2) is 16.7 Å². The van der Waals surface area contributed by atoms with Crippen LogP contribution in [0.3, 0.4) is 0 Å². The molecule has 0 saturated heterocycles. The highest BCUT2D eigenvalue weighted by Crippen LogP contribution is 2.20. The van der Waals surface area contributed by atoms with Crippen molar-refractivity contribution in [3.05, 3.63) is 52.9 Å². The van der Waals surface area contributed by atoms with Gasteiger partial charge in [0.2, 0.25) is 0 Å². The number of benzene rings is 1. The van der Waals surface area contributed by atoms with Crippen molar-refractivity contribution >= 4 is 11.8 Å². The molecule has 0 spiro atoms. The van der Waals surface area contributed by atoms with Crippen LogP contribution in [0.5, 0.6) is 0 Å². The number of hydrogen-bond donors (Lipinski definition) is 2. The molecule has 0 aliphatic carbocycles. The predicted molar refractivity (Wildman–Crippen MR) is 82.4 cm³/mol. The van der Waals surface area contributed by atoms with Crippen molar-refractivity contribution in [2.75, 3.05) is 5.32 Å². The fourth-order valence-corrected chi connectivity index (χ4v) is 1.83. The molecule has 0 radical (unpaired) electrons. The van der Waals surface area contributed by atoms with Crippen LogP contribution in [0.1, 0.15) is 20.8 Å². The molecule has 2 rings (SSSR count). The summed E-state index contributed by atoms with van der Waals surface area (Å²) in [6, 6.07) is 10.5. The van der Waals surface area contributed by atoms with E-state index in [0.29, 0.717) is 11.3 Å². The lowest BCUT2D eigenvalue weighted by Gasteiger charge is -2.19. The number of H-pyrrole nitrogens is 1. The molecule has 2 N–H and O–H groups in total. The Morgan fingerprint density at radius 2 is 1.95 bits per heavy atom. The second kappa shape index (κ2) is 5.83. The van der Waals surface area contributed by atoms with Crippen LogP contribution >= 0.6 is 0 Å². The molecule has 0 atom stereocenters. The first-order valence-corrected chi connectivity index (χ1v) is 6.63. The maximum absolute atomic E-state index is 11.8. The van der Waals surface area contributed by atoms with Gasteiger partial charge in [-0.3, -0.25) is 10.1 Å². The van der Waals surface area contributed by atoms with Crippen LogP contribution in [0, 0.1) is 0 Å². The van der Waals surface area contributed by atoms with Gasteiger partial charge in [-0.05, 0) is 50.6 Å². The molecule has 110 valence electrons. The Balaban J connectivity index is 2.21. The van der Waals surface area contributed by atoms with Gasteiger partial charge in [-0.25, -0.2) is 4.79 Å². The summed E-state index contributed by atoms with van der Waals surface area (Å²) in [5.41, 5.74) is 1.12. The summed E-state index contributed by atoms with van der Waals surface area (Å²) < 4.78 is 5.19. The highest BCUT2D eigenvalue weighted by atomic mass is 16.6. The third-order valence-electron chi connectivity index (χ3n) is 2.64. The lowest BCUT2D eigenvalue weighted by atomic mass is 10.1. The van der Waals surface area contributed by atoms with Crippen LogP contribution in [0.25, 0.3) is 11.1 Å². The van der Waals surface area contributed by atoms with Crippen molar-refractivity contribution in [3.8, 4) is 11.1 Å². The van der Waals surface area contributed by atoms with Crippen LogP contribution in [0.4, 0.5) is 10.5 Å². The second-order valence-corrected chi connectivity index (χ2v) is 5.62. The summed E-state index contributed by atoms with van der Waals surface area (Å²) in [5, 5.41) is 2.65. The predicted octanol–water partition coefficient (Wildman–Crippen LogP) is 3.39. The number of ether oxygens (including phenoxy) is 1. The van der Waals surface area contributed by atoms with Gasteiger partial charge in [-0.15, -0.1) is 0 Å². The molecule has 1 aromatic heterocycles. The molecule has 2 aromatic rings. The van der Waals surface area contributed by atoms with Gasteiger partial charge < -0.3 is 9.72 Å². The van der Waals surface area contributed by atoms with Crippen molar-refractivity contribution in [2.45, 2.75) is 26.4 Å². The molecule has 0 aliphatic heterocycles. The molecule has 1 heterocycles. The molecule has 0 aliphatic rings. The maximum Gasteiger partial charge on any atom is 0.412 e. The largest absolute Gasteiger partial charge is 0.444 e. The van der Waals surface area contributed by atoms with Crippen LogP contribution in [-0.2, 0) is 4.74 Å². The summed E-state index contributed by atoms with van der Waals surface area (Å²) in [6.45, 7) is 5.39. The zero-order valence-electron chi connectivity index (χ0n) is 12.3. The molecule has 0 bridgehead atoms. The number of pyridine rings is 1. The van der Waals surface area contributed by atoms with Crippen molar-refractivity contribution in [3.63, 3.8) is 0 Å². The average molecular weight is 286 g/mol. The number of amides is 1. The van der Waals surface area contributed by atoms with Gasteiger partial charge in [0.1, 0.15) is 5.60 Å². The van der Waals surface area contributed by atoms with Gasteiger partial charge in [0.25, 0.3) is 5.56 Å². The monoisotopic (exact) mass is 286 g/mol. The smallest absolute Gasteiger partial charge is 0.412 e. The van der Waals surface area contributed by atoms with E-state index in [0.717, 1.165) is 5.56 Å². The Bertz CT molecular complexity index is 699. The normalized spacial score (nSPS) is 11.0. The molecule has 0 fully saturated rings. The Hall–Kier alpha value is -2.56. The molecular formula is C16H18N2O3. The van der Waals surface area contributed by atoms with Gasteiger partial charge >= 0.3 is 6.09 Å². The first kappa shape index (κ1) is 14.8. The van der Waals surface area contributed by atoms with Crippen molar-refractivity contribution in [2.24, 2.45) is 0 Å². The van der Waals surface area contributed by atoms with E-state index in [2.05, 4.69) is 10.3 Å². The van der Waals surface area contributed by atoms with Crippen molar-refractivity contribution in [1.82, 2.24) is 4.98 Å². The molecule has 5 nitrogen and oxygen atoms in total. The number of aromatic nitrogens is 1. The average Bonchev–Trinajstić information content (AvgIpc) is 2.37. The molecule has 0 unspecified atom stereocenters. The number of carbonyl (C=O) groups excluding carboxylic acids is 1. The number of hydrogen-bond acceptors (Lipinski definition) is 3. The number of anilines is 1. The molecular weight excluding hydrogens is 268 g/mol. The Labute approximate surface area is 123 Å². The number of nitrogens with one attached hydrogen (secondary N) is 2. The van der Waals surface area contributed by atoms with E-state index in [1.807, 2.05) is 6.07 Å².